The van der Waals surface area contributed by atoms with Crippen LogP contribution in [-0.4, -0.2) is 34.6 Å². The number of rotatable bonds is 4. The quantitative estimate of drug-likeness (QED) is 0.395. The van der Waals surface area contributed by atoms with E-state index in [0.717, 1.165) is 57.8 Å². The van der Waals surface area contributed by atoms with Gasteiger partial charge in [-0.05, 0) is 116 Å². The van der Waals surface area contributed by atoms with Crippen LogP contribution >= 0.6 is 0 Å². The fourth-order valence-electron chi connectivity index (χ4n) is 11.3. The van der Waals surface area contributed by atoms with Crippen LogP contribution in [0.4, 0.5) is 0 Å². The Balaban J connectivity index is 1.36. The molecule has 1 aromatic rings. The van der Waals surface area contributed by atoms with Crippen LogP contribution in [0.5, 0.6) is 6.01 Å². The second kappa shape index (κ2) is 9.31. The third-order valence-corrected chi connectivity index (χ3v) is 14.0. The van der Waals surface area contributed by atoms with Gasteiger partial charge in [0.15, 0.2) is 5.78 Å². The van der Waals surface area contributed by atoms with Crippen molar-refractivity contribution in [3.63, 3.8) is 0 Å². The van der Waals surface area contributed by atoms with Gasteiger partial charge in [0.2, 0.25) is 0 Å². The van der Waals surface area contributed by atoms with Crippen LogP contribution < -0.4 is 10.5 Å². The first kappa shape index (κ1) is 29.7. The van der Waals surface area contributed by atoms with E-state index in [0.29, 0.717) is 6.61 Å². The van der Waals surface area contributed by atoms with Gasteiger partial charge in [0.1, 0.15) is 6.10 Å². The number of carbonyl (C=O) groups excluding carboxylic acids is 2. The van der Waals surface area contributed by atoms with Gasteiger partial charge in [0.05, 0.1) is 12.0 Å². The Kier molecular flexibility index (Phi) is 6.58. The van der Waals surface area contributed by atoms with E-state index in [1.165, 1.54) is 5.57 Å². The molecule has 0 saturated heterocycles. The molecule has 0 radical (unpaired) electrons. The van der Waals surface area contributed by atoms with Gasteiger partial charge in [-0.25, -0.2) is 9.78 Å². The van der Waals surface area contributed by atoms with Crippen LogP contribution in [0.15, 0.2) is 21.0 Å². The summed E-state index contributed by atoms with van der Waals surface area (Å²) in [6, 6.07) is 0.128. The Morgan fingerprint density at radius 2 is 1.71 bits per heavy atom. The first-order chi connectivity index (χ1) is 19.5. The molecule has 4 fully saturated rings. The molecular formula is C34H50N2O6. The van der Waals surface area contributed by atoms with Crippen LogP contribution in [0.25, 0.3) is 0 Å². The van der Waals surface area contributed by atoms with E-state index in [9.17, 15) is 14.4 Å². The molecule has 1 heterocycles. The Bertz CT molecular complexity index is 1380. The molecular weight excluding hydrogens is 532 g/mol. The summed E-state index contributed by atoms with van der Waals surface area (Å²) in [6.45, 7) is 18.5. The highest BCUT2D eigenvalue weighted by Gasteiger charge is 2.70. The van der Waals surface area contributed by atoms with Gasteiger partial charge in [-0.1, -0.05) is 47.1 Å². The number of fused-ring (bicyclic) bond motifs is 7. The van der Waals surface area contributed by atoms with E-state index >= 15 is 0 Å². The van der Waals surface area contributed by atoms with E-state index in [-0.39, 0.29) is 68.7 Å². The first-order valence-electron chi connectivity index (χ1n) is 16.2. The normalized spacial score (nSPS) is 45.9. The summed E-state index contributed by atoms with van der Waals surface area (Å²) in [6.07, 6.45) is 10.4. The first-order valence-corrected chi connectivity index (χ1v) is 16.2. The van der Waals surface area contributed by atoms with Gasteiger partial charge in [0.25, 0.3) is 0 Å². The molecule has 1 aromatic heterocycles. The number of nitrogens with zero attached hydrogens (tertiary/aromatic N) is 1. The van der Waals surface area contributed by atoms with Crippen molar-refractivity contribution < 1.29 is 23.6 Å². The lowest BCUT2D eigenvalue weighted by molar-refractivity contribution is -0.200. The second-order valence-corrected chi connectivity index (χ2v) is 16.3. The topological polar surface area (TPSA) is 111 Å². The average Bonchev–Trinajstić information content (AvgIpc) is 3.32. The van der Waals surface area contributed by atoms with Gasteiger partial charge in [-0.15, -0.1) is 0 Å². The number of aromatic amines is 1. The molecule has 0 aliphatic heterocycles. The Morgan fingerprint density at radius 1 is 1.00 bits per heavy atom. The summed E-state index contributed by atoms with van der Waals surface area (Å²) >= 11 is 0. The number of esters is 1. The van der Waals surface area contributed by atoms with E-state index in [2.05, 4.69) is 69.2 Å². The van der Waals surface area contributed by atoms with E-state index in [1.54, 1.807) is 0 Å². The maximum absolute atomic E-state index is 14.6. The number of allylic oxidation sites excluding steroid dienone is 2. The molecule has 8 nitrogen and oxygen atoms in total. The summed E-state index contributed by atoms with van der Waals surface area (Å²) in [5, 5.41) is 3.75. The van der Waals surface area contributed by atoms with E-state index in [4.69, 9.17) is 9.47 Å². The highest BCUT2D eigenvalue weighted by molar-refractivity contribution is 5.95. The zero-order valence-corrected chi connectivity index (χ0v) is 26.9. The standard InChI is InChI=1S/C34H50N2O6/c1-9-40-26(38)31(5)15-14-30(4)16-17-33(7)20(21(30)19-31)18-22(37)25-32(6)12-11-24(41-27-35-28(39)42-36-27)29(2,3)23(32)10-13-34(25,33)8/h18,21,23-25H,9-17,19H2,1-8H3,(H,35,36,39)/t21-,23-,24-,25+,30+,31-,32-,33+,34+/m0/s1. The summed E-state index contributed by atoms with van der Waals surface area (Å²) in [5.74, 6) is -0.0232. The monoisotopic (exact) mass is 582 g/mol. The van der Waals surface area contributed by atoms with Crippen molar-refractivity contribution in [3.8, 4) is 6.01 Å². The SMILES string of the molecule is CCOC(=O)[C@@]1(C)CC[C@]2(C)CC[C@]3(C)C(=CC(=O)[C@@H]4[C@@]5(C)CC[C@H](Oc6noc(=O)[nH]6)C(C)(C)[C@@H]5CC[C@]43C)[C@@H]2C1. The van der Waals surface area contributed by atoms with Gasteiger partial charge >= 0.3 is 17.7 Å². The number of H-pyrrole nitrogens is 1. The fourth-order valence-corrected chi connectivity index (χ4v) is 11.3. The molecule has 0 spiro atoms. The number of aromatic nitrogens is 2. The lowest BCUT2D eigenvalue weighted by Gasteiger charge is -2.70. The van der Waals surface area contributed by atoms with E-state index < -0.39 is 11.2 Å². The lowest BCUT2D eigenvalue weighted by Crippen LogP contribution is -2.67. The number of ether oxygens (including phenoxy) is 2. The van der Waals surface area contributed by atoms with Gasteiger partial charge < -0.3 is 9.47 Å². The smallest absolute Gasteiger partial charge is 0.441 e. The molecule has 42 heavy (non-hydrogen) atoms. The minimum Gasteiger partial charge on any atom is -0.466 e. The average molecular weight is 583 g/mol. The third kappa shape index (κ3) is 3.91. The third-order valence-electron chi connectivity index (χ3n) is 14.0. The molecule has 9 atom stereocenters. The van der Waals surface area contributed by atoms with Crippen LogP contribution in [0, 0.1) is 50.2 Å². The molecule has 0 amide bonds. The van der Waals surface area contributed by atoms with E-state index in [1.807, 2.05) is 6.92 Å². The lowest BCUT2D eigenvalue weighted by atomic mass is 9.33. The predicted octanol–water partition coefficient (Wildman–Crippen LogP) is 6.65. The highest BCUT2D eigenvalue weighted by atomic mass is 16.6. The maximum Gasteiger partial charge on any atom is 0.441 e. The fraction of sp³-hybridized carbons (Fsp3) is 0.824. The second-order valence-electron chi connectivity index (χ2n) is 16.3. The number of hydrogen-bond donors (Lipinski definition) is 1. The number of ketones is 1. The van der Waals surface area contributed by atoms with Crippen molar-refractivity contribution in [2.45, 2.75) is 119 Å². The molecule has 5 aliphatic rings. The molecule has 6 rings (SSSR count). The van der Waals surface area contributed by atoms with Crippen molar-refractivity contribution in [1.29, 1.82) is 0 Å². The molecule has 0 unspecified atom stereocenters. The summed E-state index contributed by atoms with van der Waals surface area (Å²) in [5.41, 5.74) is 0.215. The molecule has 0 bridgehead atoms. The Morgan fingerprint density at radius 3 is 2.38 bits per heavy atom. The summed E-state index contributed by atoms with van der Waals surface area (Å²) in [7, 11) is 0. The zero-order chi connectivity index (χ0) is 30.5. The molecule has 8 heteroatoms. The molecule has 0 aromatic carbocycles. The van der Waals surface area contributed by atoms with Crippen molar-refractivity contribution in [2.75, 3.05) is 6.61 Å². The highest BCUT2D eigenvalue weighted by Crippen LogP contribution is 2.75. The number of carbonyl (C=O) groups is 2. The molecule has 1 N–H and O–H groups in total. The molecule has 4 saturated carbocycles. The van der Waals surface area contributed by atoms with Gasteiger partial charge in [-0.2, -0.15) is 0 Å². The van der Waals surface area contributed by atoms with Crippen molar-refractivity contribution >= 4 is 11.8 Å². The predicted molar refractivity (Wildman–Crippen MR) is 158 cm³/mol. The molecule has 5 aliphatic carbocycles. The largest absolute Gasteiger partial charge is 0.466 e. The number of hydrogen-bond acceptors (Lipinski definition) is 7. The van der Waals surface area contributed by atoms with Crippen molar-refractivity contribution in [2.24, 2.45) is 50.2 Å². The van der Waals surface area contributed by atoms with Crippen LogP contribution in [-0.2, 0) is 14.3 Å². The van der Waals surface area contributed by atoms with Gasteiger partial charge in [-0.3, -0.25) is 14.1 Å². The van der Waals surface area contributed by atoms with Crippen LogP contribution in [0.3, 0.4) is 0 Å². The maximum atomic E-state index is 14.6. The zero-order valence-electron chi connectivity index (χ0n) is 26.9. The Hall–Kier alpha value is -2.38. The number of nitrogens with one attached hydrogen (secondary N) is 1. The van der Waals surface area contributed by atoms with Crippen LogP contribution in [0.1, 0.15) is 113 Å². The molecule has 232 valence electrons. The summed E-state index contributed by atoms with van der Waals surface area (Å²) in [4.78, 5) is 41.8. The summed E-state index contributed by atoms with van der Waals surface area (Å²) < 4.78 is 16.5. The van der Waals surface area contributed by atoms with Crippen LogP contribution in [0.2, 0.25) is 0 Å². The van der Waals surface area contributed by atoms with Gasteiger partial charge in [0, 0.05) is 11.3 Å². The minimum atomic E-state index is -0.621. The van der Waals surface area contributed by atoms with Crippen molar-refractivity contribution in [1.82, 2.24) is 10.1 Å². The van der Waals surface area contributed by atoms with Crippen molar-refractivity contribution in [3.05, 3.63) is 22.2 Å². The minimum absolute atomic E-state index is 0.0750. The Labute approximate surface area is 249 Å².